The Morgan fingerprint density at radius 2 is 1.88 bits per heavy atom. The van der Waals surface area contributed by atoms with Gasteiger partial charge in [-0.05, 0) is 37.6 Å². The molecule has 0 spiro atoms. The molecular formula is C18H14Cl2N2O2. The molecule has 122 valence electrons. The van der Waals surface area contributed by atoms with Crippen LogP contribution in [0.2, 0.25) is 10.0 Å². The van der Waals surface area contributed by atoms with Crippen molar-refractivity contribution in [2.45, 2.75) is 13.8 Å². The Balaban J connectivity index is 2.01. The highest BCUT2D eigenvalue weighted by Gasteiger charge is 2.23. The Labute approximate surface area is 149 Å². The molecule has 0 fully saturated rings. The molecule has 1 heterocycles. The van der Waals surface area contributed by atoms with Gasteiger partial charge in [0.05, 0.1) is 5.02 Å². The number of hydrogen-bond acceptors (Lipinski definition) is 3. The van der Waals surface area contributed by atoms with Gasteiger partial charge in [-0.1, -0.05) is 52.6 Å². The van der Waals surface area contributed by atoms with E-state index in [1.54, 1.807) is 31.2 Å². The van der Waals surface area contributed by atoms with Gasteiger partial charge in [0.2, 0.25) is 0 Å². The van der Waals surface area contributed by atoms with Crippen molar-refractivity contribution in [2.24, 2.45) is 0 Å². The molecular weight excluding hydrogens is 347 g/mol. The van der Waals surface area contributed by atoms with Crippen molar-refractivity contribution < 1.29 is 9.32 Å². The monoisotopic (exact) mass is 360 g/mol. The summed E-state index contributed by atoms with van der Waals surface area (Å²) in [6.07, 6.45) is 0. The highest BCUT2D eigenvalue weighted by molar-refractivity contribution is 6.33. The summed E-state index contributed by atoms with van der Waals surface area (Å²) in [4.78, 5) is 12.8. The molecule has 3 aromatic rings. The van der Waals surface area contributed by atoms with Crippen LogP contribution in [0.25, 0.3) is 11.3 Å². The van der Waals surface area contributed by atoms with Gasteiger partial charge in [0.25, 0.3) is 5.91 Å². The summed E-state index contributed by atoms with van der Waals surface area (Å²) >= 11 is 12.2. The standard InChI is InChI=1S/C18H14Cl2N2O2/c1-10-7-8-12(19)9-15(10)21-18(23)16-11(2)24-22-17(16)13-5-3-4-6-14(13)20/h3-9H,1-2H3,(H,21,23). The normalized spacial score (nSPS) is 10.7. The van der Waals surface area contributed by atoms with Crippen LogP contribution in [-0.2, 0) is 0 Å². The minimum Gasteiger partial charge on any atom is -0.360 e. The second-order valence-electron chi connectivity index (χ2n) is 5.36. The first-order valence-electron chi connectivity index (χ1n) is 7.26. The van der Waals surface area contributed by atoms with E-state index in [0.29, 0.717) is 38.3 Å². The fourth-order valence-electron chi connectivity index (χ4n) is 2.39. The third-order valence-electron chi connectivity index (χ3n) is 3.67. The van der Waals surface area contributed by atoms with Crippen molar-refractivity contribution in [1.29, 1.82) is 0 Å². The number of carbonyl (C=O) groups is 1. The summed E-state index contributed by atoms with van der Waals surface area (Å²) in [5.41, 5.74) is 2.95. The number of anilines is 1. The van der Waals surface area contributed by atoms with Crippen molar-refractivity contribution in [1.82, 2.24) is 5.16 Å². The second kappa shape index (κ2) is 6.67. The van der Waals surface area contributed by atoms with Crippen LogP contribution in [0.3, 0.4) is 0 Å². The van der Waals surface area contributed by atoms with E-state index in [-0.39, 0.29) is 5.91 Å². The number of benzene rings is 2. The van der Waals surface area contributed by atoms with E-state index in [4.69, 9.17) is 27.7 Å². The Kier molecular flexibility index (Phi) is 4.60. The summed E-state index contributed by atoms with van der Waals surface area (Å²) in [7, 11) is 0. The molecule has 0 radical (unpaired) electrons. The lowest BCUT2D eigenvalue weighted by molar-refractivity contribution is 0.102. The third-order valence-corrected chi connectivity index (χ3v) is 4.23. The number of aromatic nitrogens is 1. The number of nitrogens with one attached hydrogen (secondary N) is 1. The van der Waals surface area contributed by atoms with Gasteiger partial charge in [0, 0.05) is 16.3 Å². The van der Waals surface area contributed by atoms with Crippen LogP contribution in [0, 0.1) is 13.8 Å². The van der Waals surface area contributed by atoms with Crippen LogP contribution in [0.1, 0.15) is 21.7 Å². The molecule has 0 aliphatic heterocycles. The predicted octanol–water partition coefficient (Wildman–Crippen LogP) is 5.52. The lowest BCUT2D eigenvalue weighted by Gasteiger charge is -2.09. The van der Waals surface area contributed by atoms with Gasteiger partial charge in [0.15, 0.2) is 0 Å². The Bertz CT molecular complexity index is 919. The number of aryl methyl sites for hydroxylation is 2. The van der Waals surface area contributed by atoms with Crippen LogP contribution in [0.15, 0.2) is 47.0 Å². The molecule has 0 aliphatic rings. The zero-order valence-corrected chi connectivity index (χ0v) is 14.6. The molecule has 0 unspecified atom stereocenters. The summed E-state index contributed by atoms with van der Waals surface area (Å²) in [5.74, 6) is 0.0936. The highest BCUT2D eigenvalue weighted by atomic mass is 35.5. The zero-order valence-electron chi connectivity index (χ0n) is 13.1. The van der Waals surface area contributed by atoms with Crippen LogP contribution in [0.4, 0.5) is 5.69 Å². The van der Waals surface area contributed by atoms with Crippen LogP contribution in [0.5, 0.6) is 0 Å². The first kappa shape index (κ1) is 16.6. The molecule has 3 rings (SSSR count). The van der Waals surface area contributed by atoms with Gasteiger partial charge < -0.3 is 9.84 Å². The first-order chi connectivity index (χ1) is 11.5. The topological polar surface area (TPSA) is 55.1 Å². The molecule has 24 heavy (non-hydrogen) atoms. The Hall–Kier alpha value is -2.30. The minimum atomic E-state index is -0.325. The quantitative estimate of drug-likeness (QED) is 0.669. The molecule has 0 bridgehead atoms. The number of carbonyl (C=O) groups excluding carboxylic acids is 1. The molecule has 0 saturated heterocycles. The average Bonchev–Trinajstić information content (AvgIpc) is 2.93. The third kappa shape index (κ3) is 3.16. The van der Waals surface area contributed by atoms with E-state index in [1.807, 2.05) is 25.1 Å². The minimum absolute atomic E-state index is 0.325. The maximum absolute atomic E-state index is 12.8. The van der Waals surface area contributed by atoms with Gasteiger partial charge in [-0.15, -0.1) is 0 Å². The lowest BCUT2D eigenvalue weighted by atomic mass is 10.1. The molecule has 1 N–H and O–H groups in total. The van der Waals surface area contributed by atoms with Crippen LogP contribution < -0.4 is 5.32 Å². The van der Waals surface area contributed by atoms with Crippen molar-refractivity contribution in [3.8, 4) is 11.3 Å². The number of nitrogens with zero attached hydrogens (tertiary/aromatic N) is 1. The van der Waals surface area contributed by atoms with E-state index >= 15 is 0 Å². The van der Waals surface area contributed by atoms with E-state index < -0.39 is 0 Å². The molecule has 1 amide bonds. The molecule has 0 saturated carbocycles. The van der Waals surface area contributed by atoms with Crippen molar-refractivity contribution in [2.75, 3.05) is 5.32 Å². The number of amides is 1. The molecule has 2 aromatic carbocycles. The molecule has 4 nitrogen and oxygen atoms in total. The summed E-state index contributed by atoms with van der Waals surface area (Å²) in [6.45, 7) is 3.58. The van der Waals surface area contributed by atoms with Gasteiger partial charge in [-0.2, -0.15) is 0 Å². The number of rotatable bonds is 3. The smallest absolute Gasteiger partial charge is 0.261 e. The fourth-order valence-corrected chi connectivity index (χ4v) is 2.79. The van der Waals surface area contributed by atoms with Crippen molar-refractivity contribution in [3.05, 3.63) is 69.4 Å². The maximum Gasteiger partial charge on any atom is 0.261 e. The van der Waals surface area contributed by atoms with Crippen molar-refractivity contribution in [3.63, 3.8) is 0 Å². The molecule has 6 heteroatoms. The summed E-state index contributed by atoms with van der Waals surface area (Å²) < 4.78 is 5.22. The largest absolute Gasteiger partial charge is 0.360 e. The van der Waals surface area contributed by atoms with Gasteiger partial charge in [-0.3, -0.25) is 4.79 Å². The number of hydrogen-bond donors (Lipinski definition) is 1. The average molecular weight is 361 g/mol. The van der Waals surface area contributed by atoms with E-state index in [2.05, 4.69) is 10.5 Å². The van der Waals surface area contributed by atoms with E-state index in [1.165, 1.54) is 0 Å². The van der Waals surface area contributed by atoms with Crippen molar-refractivity contribution >= 4 is 34.8 Å². The Morgan fingerprint density at radius 3 is 2.62 bits per heavy atom. The van der Waals surface area contributed by atoms with Gasteiger partial charge in [-0.25, -0.2) is 0 Å². The summed E-state index contributed by atoms with van der Waals surface area (Å²) in [6, 6.07) is 12.5. The Morgan fingerprint density at radius 1 is 1.12 bits per heavy atom. The zero-order chi connectivity index (χ0) is 17.3. The SMILES string of the molecule is Cc1ccc(Cl)cc1NC(=O)c1c(-c2ccccc2Cl)noc1C. The molecule has 0 aliphatic carbocycles. The van der Waals surface area contributed by atoms with Crippen LogP contribution >= 0.6 is 23.2 Å². The van der Waals surface area contributed by atoms with Gasteiger partial charge >= 0.3 is 0 Å². The first-order valence-corrected chi connectivity index (χ1v) is 8.01. The van der Waals surface area contributed by atoms with Crippen LogP contribution in [-0.4, -0.2) is 11.1 Å². The van der Waals surface area contributed by atoms with Gasteiger partial charge in [0.1, 0.15) is 17.0 Å². The number of halogens is 2. The molecule has 1 aromatic heterocycles. The predicted molar refractivity (Wildman–Crippen MR) is 95.8 cm³/mol. The molecule has 0 atom stereocenters. The highest BCUT2D eigenvalue weighted by Crippen LogP contribution is 2.31. The summed E-state index contributed by atoms with van der Waals surface area (Å²) in [5, 5.41) is 7.91. The van der Waals surface area contributed by atoms with E-state index in [9.17, 15) is 4.79 Å². The fraction of sp³-hybridized carbons (Fsp3) is 0.111. The maximum atomic E-state index is 12.8. The van der Waals surface area contributed by atoms with E-state index in [0.717, 1.165) is 5.56 Å². The lowest BCUT2D eigenvalue weighted by Crippen LogP contribution is -2.14. The second-order valence-corrected chi connectivity index (χ2v) is 6.20.